The minimum Gasteiger partial charge on any atom is -0.300 e. The number of thiazole rings is 1. The number of hydrogen-bond donors (Lipinski definition) is 2. The third-order valence-corrected chi connectivity index (χ3v) is 5.27. The van der Waals surface area contributed by atoms with Crippen LogP contribution in [0.1, 0.15) is 25.1 Å². The first-order valence-corrected chi connectivity index (χ1v) is 7.67. The molecule has 1 aliphatic rings. The second-order valence-electron chi connectivity index (χ2n) is 4.91. The molecule has 3 N–H and O–H groups in total. The Morgan fingerprint density at radius 2 is 2.35 bits per heavy atom. The Morgan fingerprint density at radius 3 is 3.06 bits per heavy atom. The van der Waals surface area contributed by atoms with Crippen molar-refractivity contribution in [3.8, 4) is 0 Å². The number of hydrogen-bond acceptors (Lipinski definition) is 6. The Balaban J connectivity index is 1.90. The van der Waals surface area contributed by atoms with E-state index in [4.69, 9.17) is 5.84 Å². The number of nitrogens with zero attached hydrogens (tertiary/aromatic N) is 2. The Kier molecular flexibility index (Phi) is 4.30. The van der Waals surface area contributed by atoms with Crippen molar-refractivity contribution < 1.29 is 0 Å². The average Bonchev–Trinajstić information content (AvgIpc) is 2.66. The Morgan fingerprint density at radius 1 is 1.53 bits per heavy atom. The molecular weight excluding hydrogens is 252 g/mol. The maximum Gasteiger partial charge on any atom is 0.197 e. The molecule has 4 nitrogen and oxygen atoms in total. The quantitative estimate of drug-likeness (QED) is 0.652. The first-order valence-electron chi connectivity index (χ1n) is 5.87. The molecule has 2 heterocycles. The van der Waals surface area contributed by atoms with Gasteiger partial charge in [-0.25, -0.2) is 10.8 Å². The topological polar surface area (TPSA) is 54.2 Å². The van der Waals surface area contributed by atoms with Gasteiger partial charge < -0.3 is 0 Å². The predicted octanol–water partition coefficient (Wildman–Crippen LogP) is 2.15. The maximum atomic E-state index is 5.34. The Hall–Kier alpha value is -0.300. The number of aromatic nitrogens is 1. The van der Waals surface area contributed by atoms with E-state index < -0.39 is 0 Å². The van der Waals surface area contributed by atoms with Gasteiger partial charge in [0, 0.05) is 34.7 Å². The highest BCUT2D eigenvalue weighted by Crippen LogP contribution is 2.31. The molecule has 1 aliphatic heterocycles. The second-order valence-corrected chi connectivity index (χ2v) is 7.83. The highest BCUT2D eigenvalue weighted by atomic mass is 32.2. The molecule has 17 heavy (non-hydrogen) atoms. The number of hydrazine groups is 1. The summed E-state index contributed by atoms with van der Waals surface area (Å²) in [6, 6.07) is 0. The predicted molar refractivity (Wildman–Crippen MR) is 76.4 cm³/mol. The van der Waals surface area contributed by atoms with Crippen LogP contribution >= 0.6 is 23.1 Å². The van der Waals surface area contributed by atoms with Gasteiger partial charge in [0.2, 0.25) is 0 Å². The fourth-order valence-electron chi connectivity index (χ4n) is 1.89. The molecule has 1 fully saturated rings. The van der Waals surface area contributed by atoms with Crippen LogP contribution in [0, 0.1) is 0 Å². The van der Waals surface area contributed by atoms with Crippen molar-refractivity contribution in [3.63, 3.8) is 0 Å². The third-order valence-electron chi connectivity index (χ3n) is 2.99. The first-order chi connectivity index (χ1) is 8.09. The third kappa shape index (κ3) is 3.84. The van der Waals surface area contributed by atoms with E-state index in [2.05, 4.69) is 40.9 Å². The number of nitrogen functional groups attached to an aromatic ring is 1. The molecule has 0 unspecified atom stereocenters. The smallest absolute Gasteiger partial charge is 0.197 e. The number of anilines is 1. The molecule has 0 radical (unpaired) electrons. The number of rotatable bonds is 3. The van der Waals surface area contributed by atoms with Crippen LogP contribution in [0.2, 0.25) is 0 Å². The van der Waals surface area contributed by atoms with E-state index >= 15 is 0 Å². The largest absolute Gasteiger partial charge is 0.300 e. The minimum absolute atomic E-state index is 0.423. The lowest BCUT2D eigenvalue weighted by Gasteiger charge is -2.22. The van der Waals surface area contributed by atoms with Gasteiger partial charge in [0.05, 0.1) is 0 Å². The Bertz CT molecular complexity index is 364. The van der Waals surface area contributed by atoms with Crippen LogP contribution in [0.3, 0.4) is 0 Å². The van der Waals surface area contributed by atoms with Crippen LogP contribution in [0.25, 0.3) is 0 Å². The van der Waals surface area contributed by atoms with Crippen molar-refractivity contribution in [2.24, 2.45) is 5.84 Å². The first kappa shape index (κ1) is 13.1. The fraction of sp³-hybridized carbons (Fsp3) is 0.727. The molecule has 1 aromatic rings. The van der Waals surface area contributed by atoms with Crippen LogP contribution in [0.15, 0.2) is 6.20 Å². The van der Waals surface area contributed by atoms with Crippen LogP contribution in [-0.2, 0) is 6.54 Å². The summed E-state index contributed by atoms with van der Waals surface area (Å²) >= 11 is 3.72. The van der Waals surface area contributed by atoms with E-state index in [1.807, 2.05) is 6.20 Å². The SMILES string of the molecule is CC1(C)CCN(Cc2cnc(NN)s2)CCS1. The molecule has 0 atom stereocenters. The van der Waals surface area contributed by atoms with Crippen LogP contribution in [0.5, 0.6) is 0 Å². The van der Waals surface area contributed by atoms with Gasteiger partial charge >= 0.3 is 0 Å². The van der Waals surface area contributed by atoms with E-state index in [9.17, 15) is 0 Å². The molecule has 6 heteroatoms. The summed E-state index contributed by atoms with van der Waals surface area (Å²) in [6.45, 7) is 8.01. The zero-order chi connectivity index (χ0) is 12.3. The molecule has 96 valence electrons. The van der Waals surface area contributed by atoms with E-state index in [1.165, 1.54) is 23.6 Å². The lowest BCUT2D eigenvalue weighted by atomic mass is 10.1. The van der Waals surface area contributed by atoms with Gasteiger partial charge in [-0.2, -0.15) is 11.8 Å². The van der Waals surface area contributed by atoms with Crippen LogP contribution < -0.4 is 11.3 Å². The summed E-state index contributed by atoms with van der Waals surface area (Å²) in [5, 5.41) is 0.796. The lowest BCUT2D eigenvalue weighted by Crippen LogP contribution is -2.26. The van der Waals surface area contributed by atoms with E-state index in [0.717, 1.165) is 18.2 Å². The van der Waals surface area contributed by atoms with Gasteiger partial charge in [-0.3, -0.25) is 10.3 Å². The summed E-state index contributed by atoms with van der Waals surface area (Å²) in [5.74, 6) is 6.55. The van der Waals surface area contributed by atoms with Gasteiger partial charge in [-0.1, -0.05) is 25.2 Å². The van der Waals surface area contributed by atoms with E-state index in [0.29, 0.717) is 4.75 Å². The molecule has 1 saturated heterocycles. The van der Waals surface area contributed by atoms with Crippen molar-refractivity contribution in [1.29, 1.82) is 0 Å². The molecule has 0 amide bonds. The highest BCUT2D eigenvalue weighted by Gasteiger charge is 2.23. The summed E-state index contributed by atoms with van der Waals surface area (Å²) in [5.41, 5.74) is 2.59. The molecule has 1 aromatic heterocycles. The average molecular weight is 272 g/mol. The second kappa shape index (κ2) is 5.56. The van der Waals surface area contributed by atoms with E-state index in [-0.39, 0.29) is 0 Å². The van der Waals surface area contributed by atoms with Gasteiger partial charge in [-0.05, 0) is 13.0 Å². The Labute approximate surface area is 111 Å². The number of nitrogens with two attached hydrogens (primary N) is 1. The molecule has 0 bridgehead atoms. The summed E-state index contributed by atoms with van der Waals surface area (Å²) in [7, 11) is 0. The maximum absolute atomic E-state index is 5.34. The van der Waals surface area contributed by atoms with Gasteiger partial charge in [0.25, 0.3) is 0 Å². The van der Waals surface area contributed by atoms with Gasteiger partial charge in [-0.15, -0.1) is 0 Å². The summed E-state index contributed by atoms with van der Waals surface area (Å²) in [6.07, 6.45) is 3.17. The van der Waals surface area contributed by atoms with Crippen molar-refractivity contribution >= 4 is 28.2 Å². The van der Waals surface area contributed by atoms with Gasteiger partial charge in [0.1, 0.15) is 0 Å². The van der Waals surface area contributed by atoms with Gasteiger partial charge in [0.15, 0.2) is 5.13 Å². The van der Waals surface area contributed by atoms with Crippen LogP contribution in [0.4, 0.5) is 5.13 Å². The zero-order valence-corrected chi connectivity index (χ0v) is 12.0. The zero-order valence-electron chi connectivity index (χ0n) is 10.4. The van der Waals surface area contributed by atoms with Crippen molar-refractivity contribution in [1.82, 2.24) is 9.88 Å². The summed E-state index contributed by atoms with van der Waals surface area (Å²) in [4.78, 5) is 7.99. The monoisotopic (exact) mass is 272 g/mol. The van der Waals surface area contributed by atoms with Crippen molar-refractivity contribution in [2.75, 3.05) is 24.3 Å². The number of nitrogens with one attached hydrogen (secondary N) is 1. The highest BCUT2D eigenvalue weighted by molar-refractivity contribution is 8.00. The van der Waals surface area contributed by atoms with E-state index in [1.54, 1.807) is 11.3 Å². The molecular formula is C11H20N4S2. The number of thioether (sulfide) groups is 1. The molecule has 0 aromatic carbocycles. The fourth-order valence-corrected chi connectivity index (χ4v) is 3.79. The molecule has 0 saturated carbocycles. The summed E-state index contributed by atoms with van der Waals surface area (Å²) < 4.78 is 0.423. The minimum atomic E-state index is 0.423. The van der Waals surface area contributed by atoms with Crippen molar-refractivity contribution in [2.45, 2.75) is 31.6 Å². The molecule has 0 aliphatic carbocycles. The van der Waals surface area contributed by atoms with Crippen LogP contribution in [-0.4, -0.2) is 33.5 Å². The van der Waals surface area contributed by atoms with Crippen molar-refractivity contribution in [3.05, 3.63) is 11.1 Å². The normalized spacial score (nSPS) is 21.1. The lowest BCUT2D eigenvalue weighted by molar-refractivity contribution is 0.278. The standard InChI is InChI=1S/C11H20N4S2/c1-11(2)3-4-15(5-6-16-11)8-9-7-13-10(14-12)17-9/h7H,3-6,8,12H2,1-2H3,(H,13,14). The molecule has 0 spiro atoms. The molecule has 2 rings (SSSR count).